The Morgan fingerprint density at radius 3 is 2.06 bits per heavy atom. The third-order valence-electron chi connectivity index (χ3n) is 5.29. The number of benzene rings is 2. The summed E-state index contributed by atoms with van der Waals surface area (Å²) in [5.41, 5.74) is 1.76. The standard InChI is InChI=1S/C24H26N4O6/c1-14(2)20(25-13-29)22(31)26-15(3)21(30)27-17-10-8-16(9-11-17)12-34-28-23(32)18-6-4-5-7-19(18)24(28)33/h4-11,13-15,20H,12H2,1-3H3,(H,25,29)(H,26,31)(H,27,30)/t15-,20?/m0/s1. The Morgan fingerprint density at radius 2 is 1.53 bits per heavy atom. The Morgan fingerprint density at radius 1 is 0.941 bits per heavy atom. The zero-order valence-corrected chi connectivity index (χ0v) is 19.0. The highest BCUT2D eigenvalue weighted by Crippen LogP contribution is 2.23. The van der Waals surface area contributed by atoms with Gasteiger partial charge in [0.1, 0.15) is 18.7 Å². The molecule has 1 aliphatic heterocycles. The van der Waals surface area contributed by atoms with Crippen LogP contribution in [-0.2, 0) is 25.8 Å². The molecule has 0 aromatic heterocycles. The van der Waals surface area contributed by atoms with E-state index in [0.29, 0.717) is 28.8 Å². The second-order valence-electron chi connectivity index (χ2n) is 8.15. The van der Waals surface area contributed by atoms with Crippen LogP contribution in [0.1, 0.15) is 47.1 Å². The lowest BCUT2D eigenvalue weighted by molar-refractivity contribution is -0.129. The van der Waals surface area contributed by atoms with Gasteiger partial charge in [-0.25, -0.2) is 0 Å². The van der Waals surface area contributed by atoms with E-state index >= 15 is 0 Å². The van der Waals surface area contributed by atoms with Crippen LogP contribution in [-0.4, -0.2) is 47.2 Å². The average molecular weight is 466 g/mol. The molecule has 2 atom stereocenters. The van der Waals surface area contributed by atoms with Crippen molar-refractivity contribution in [1.82, 2.24) is 15.7 Å². The number of nitrogens with one attached hydrogen (secondary N) is 3. The molecule has 3 N–H and O–H groups in total. The van der Waals surface area contributed by atoms with E-state index in [1.807, 2.05) is 0 Å². The average Bonchev–Trinajstić information content (AvgIpc) is 3.06. The molecular formula is C24H26N4O6. The lowest BCUT2D eigenvalue weighted by Gasteiger charge is -2.22. The van der Waals surface area contributed by atoms with Gasteiger partial charge in [-0.15, -0.1) is 5.06 Å². The molecule has 178 valence electrons. The van der Waals surface area contributed by atoms with Crippen LogP contribution in [0, 0.1) is 5.92 Å². The summed E-state index contributed by atoms with van der Waals surface area (Å²) in [5, 5.41) is 8.47. The molecule has 0 saturated heterocycles. The first-order valence-corrected chi connectivity index (χ1v) is 10.7. The molecule has 3 rings (SSSR count). The van der Waals surface area contributed by atoms with Crippen molar-refractivity contribution in [1.29, 1.82) is 0 Å². The monoisotopic (exact) mass is 466 g/mol. The van der Waals surface area contributed by atoms with Gasteiger partial charge in [-0.2, -0.15) is 0 Å². The molecule has 10 nitrogen and oxygen atoms in total. The van der Waals surface area contributed by atoms with E-state index in [2.05, 4.69) is 16.0 Å². The lowest BCUT2D eigenvalue weighted by atomic mass is 10.0. The van der Waals surface area contributed by atoms with Crippen molar-refractivity contribution in [3.8, 4) is 0 Å². The third kappa shape index (κ3) is 5.46. The zero-order chi connectivity index (χ0) is 24.8. The number of hydrogen-bond acceptors (Lipinski definition) is 6. The predicted octanol–water partition coefficient (Wildman–Crippen LogP) is 1.63. The van der Waals surface area contributed by atoms with Crippen LogP contribution in [0.4, 0.5) is 5.69 Å². The summed E-state index contributed by atoms with van der Waals surface area (Å²) in [5.74, 6) is -2.05. The Hall–Kier alpha value is -4.05. The van der Waals surface area contributed by atoms with Gasteiger partial charge in [0.25, 0.3) is 11.8 Å². The van der Waals surface area contributed by atoms with Crippen molar-refractivity contribution >= 4 is 35.7 Å². The number of rotatable bonds is 10. The number of hydrogen-bond donors (Lipinski definition) is 3. The highest BCUT2D eigenvalue weighted by atomic mass is 16.7. The van der Waals surface area contributed by atoms with E-state index in [9.17, 15) is 24.0 Å². The molecule has 0 radical (unpaired) electrons. The summed E-state index contributed by atoms with van der Waals surface area (Å²) in [6.45, 7) is 5.08. The number of hydroxylamine groups is 2. The predicted molar refractivity (Wildman–Crippen MR) is 122 cm³/mol. The maximum Gasteiger partial charge on any atom is 0.285 e. The van der Waals surface area contributed by atoms with Crippen molar-refractivity contribution in [2.24, 2.45) is 5.92 Å². The van der Waals surface area contributed by atoms with Crippen molar-refractivity contribution < 1.29 is 28.8 Å². The molecule has 0 saturated carbocycles. The fraction of sp³-hybridized carbons (Fsp3) is 0.292. The third-order valence-corrected chi connectivity index (χ3v) is 5.29. The van der Waals surface area contributed by atoms with Crippen LogP contribution in [0.5, 0.6) is 0 Å². The van der Waals surface area contributed by atoms with Crippen molar-refractivity contribution in [2.75, 3.05) is 5.32 Å². The second-order valence-corrected chi connectivity index (χ2v) is 8.15. The van der Waals surface area contributed by atoms with E-state index in [1.54, 1.807) is 62.4 Å². The molecule has 5 amide bonds. The number of carbonyl (C=O) groups is 5. The van der Waals surface area contributed by atoms with Crippen LogP contribution < -0.4 is 16.0 Å². The van der Waals surface area contributed by atoms with Gasteiger partial charge in [0.15, 0.2) is 0 Å². The normalized spacial score (nSPS) is 14.4. The SMILES string of the molecule is CC(C)C(NC=O)C(=O)N[C@@H](C)C(=O)Nc1ccc(CON2C(=O)c3ccccc3C2=O)cc1. The molecular weight excluding hydrogens is 440 g/mol. The molecule has 0 spiro atoms. The largest absolute Gasteiger partial charge is 0.347 e. The van der Waals surface area contributed by atoms with Gasteiger partial charge >= 0.3 is 0 Å². The van der Waals surface area contributed by atoms with Crippen molar-refractivity contribution in [3.63, 3.8) is 0 Å². The number of fused-ring (bicyclic) bond motifs is 1. The Labute approximate surface area is 196 Å². The molecule has 1 aliphatic rings. The molecule has 0 bridgehead atoms. The van der Waals surface area contributed by atoms with E-state index < -0.39 is 35.7 Å². The fourth-order valence-corrected chi connectivity index (χ4v) is 3.37. The first-order chi connectivity index (χ1) is 16.2. The van der Waals surface area contributed by atoms with Crippen LogP contribution in [0.3, 0.4) is 0 Å². The zero-order valence-electron chi connectivity index (χ0n) is 19.0. The fourth-order valence-electron chi connectivity index (χ4n) is 3.37. The van der Waals surface area contributed by atoms with Gasteiger partial charge in [-0.05, 0) is 42.7 Å². The summed E-state index contributed by atoms with van der Waals surface area (Å²) in [4.78, 5) is 65.6. The summed E-state index contributed by atoms with van der Waals surface area (Å²) in [6.07, 6.45) is 0.453. The second kappa shape index (κ2) is 10.7. The minimum absolute atomic E-state index is 0.0214. The lowest BCUT2D eigenvalue weighted by Crippen LogP contribution is -2.52. The highest BCUT2D eigenvalue weighted by molar-refractivity contribution is 6.20. The van der Waals surface area contributed by atoms with Gasteiger partial charge in [-0.3, -0.25) is 28.8 Å². The number of imide groups is 1. The molecule has 1 unspecified atom stereocenters. The Bertz CT molecular complexity index is 1060. The molecule has 0 fully saturated rings. The molecule has 2 aromatic carbocycles. The van der Waals surface area contributed by atoms with Crippen molar-refractivity contribution in [2.45, 2.75) is 39.5 Å². The minimum Gasteiger partial charge on any atom is -0.347 e. The van der Waals surface area contributed by atoms with Crippen LogP contribution >= 0.6 is 0 Å². The smallest absolute Gasteiger partial charge is 0.285 e. The van der Waals surface area contributed by atoms with Crippen LogP contribution in [0.2, 0.25) is 0 Å². The summed E-state index contributed by atoms with van der Waals surface area (Å²) in [7, 11) is 0. The molecule has 34 heavy (non-hydrogen) atoms. The van der Waals surface area contributed by atoms with Crippen LogP contribution in [0.25, 0.3) is 0 Å². The van der Waals surface area contributed by atoms with Crippen molar-refractivity contribution in [3.05, 3.63) is 65.2 Å². The van der Waals surface area contributed by atoms with Gasteiger partial charge in [0.05, 0.1) is 11.1 Å². The van der Waals surface area contributed by atoms with E-state index in [4.69, 9.17) is 4.84 Å². The van der Waals surface area contributed by atoms with Gasteiger partial charge in [0.2, 0.25) is 18.2 Å². The number of amides is 5. The van der Waals surface area contributed by atoms with Crippen LogP contribution in [0.15, 0.2) is 48.5 Å². The quantitative estimate of drug-likeness (QED) is 0.360. The summed E-state index contributed by atoms with van der Waals surface area (Å²) < 4.78 is 0. The minimum atomic E-state index is -0.834. The topological polar surface area (TPSA) is 134 Å². The first-order valence-electron chi connectivity index (χ1n) is 10.7. The summed E-state index contributed by atoms with van der Waals surface area (Å²) in [6, 6.07) is 11.6. The van der Waals surface area contributed by atoms with E-state index in [-0.39, 0.29) is 12.5 Å². The van der Waals surface area contributed by atoms with Gasteiger partial charge in [0, 0.05) is 5.69 Å². The Kier molecular flexibility index (Phi) is 7.75. The molecule has 0 aliphatic carbocycles. The Balaban J connectivity index is 1.52. The van der Waals surface area contributed by atoms with Gasteiger partial charge < -0.3 is 16.0 Å². The molecule has 2 aromatic rings. The maximum atomic E-state index is 12.4. The number of nitrogens with zero attached hydrogens (tertiary/aromatic N) is 1. The van der Waals surface area contributed by atoms with E-state index in [0.717, 1.165) is 5.06 Å². The maximum absolute atomic E-state index is 12.4. The highest BCUT2D eigenvalue weighted by Gasteiger charge is 2.36. The first kappa shape index (κ1) is 24.6. The number of anilines is 1. The number of carbonyl (C=O) groups excluding carboxylic acids is 5. The van der Waals surface area contributed by atoms with E-state index in [1.165, 1.54) is 6.92 Å². The van der Waals surface area contributed by atoms with Gasteiger partial charge in [-0.1, -0.05) is 38.1 Å². The molecule has 1 heterocycles. The summed E-state index contributed by atoms with van der Waals surface area (Å²) >= 11 is 0. The molecule has 10 heteroatoms.